The standard InChI is InChI=1S/C8H11F7O/c9-4-1-2-6(8(13,14)15)16-5-3-7(10,11)12/h6H,1-5H2. The lowest BCUT2D eigenvalue weighted by molar-refractivity contribution is -0.231. The van der Waals surface area contributed by atoms with Crippen LogP contribution in [0.2, 0.25) is 0 Å². The van der Waals surface area contributed by atoms with Crippen LogP contribution < -0.4 is 0 Å². The summed E-state index contributed by atoms with van der Waals surface area (Å²) in [6.45, 7) is -2.03. The van der Waals surface area contributed by atoms with Gasteiger partial charge >= 0.3 is 12.4 Å². The summed E-state index contributed by atoms with van der Waals surface area (Å²) in [5.74, 6) is 0. The van der Waals surface area contributed by atoms with Crippen molar-refractivity contribution < 1.29 is 35.5 Å². The molecule has 0 aliphatic carbocycles. The summed E-state index contributed by atoms with van der Waals surface area (Å²) in [5.41, 5.74) is 0. The largest absolute Gasteiger partial charge is 0.414 e. The van der Waals surface area contributed by atoms with Crippen LogP contribution in [-0.4, -0.2) is 31.7 Å². The van der Waals surface area contributed by atoms with Crippen molar-refractivity contribution in [3.8, 4) is 0 Å². The Balaban J connectivity index is 4.03. The summed E-state index contributed by atoms with van der Waals surface area (Å²) in [6, 6.07) is 0. The molecular weight excluding hydrogens is 245 g/mol. The first-order valence-corrected chi connectivity index (χ1v) is 4.48. The fourth-order valence-electron chi connectivity index (χ4n) is 0.921. The topological polar surface area (TPSA) is 9.23 Å². The van der Waals surface area contributed by atoms with E-state index in [9.17, 15) is 30.7 Å². The van der Waals surface area contributed by atoms with E-state index in [0.717, 1.165) is 0 Å². The summed E-state index contributed by atoms with van der Waals surface area (Å²) < 4.78 is 87.0. The fourth-order valence-corrected chi connectivity index (χ4v) is 0.921. The highest BCUT2D eigenvalue weighted by Gasteiger charge is 2.40. The fraction of sp³-hybridized carbons (Fsp3) is 1.00. The second kappa shape index (κ2) is 6.27. The highest BCUT2D eigenvalue weighted by molar-refractivity contribution is 4.68. The van der Waals surface area contributed by atoms with E-state index in [1.165, 1.54) is 0 Å². The molecule has 0 aromatic rings. The minimum Gasteiger partial charge on any atom is -0.368 e. The average Bonchev–Trinajstić information content (AvgIpc) is 2.06. The Hall–Kier alpha value is -0.530. The molecule has 0 aliphatic heterocycles. The van der Waals surface area contributed by atoms with E-state index in [1.54, 1.807) is 0 Å². The van der Waals surface area contributed by atoms with Crippen LogP contribution in [0, 0.1) is 0 Å². The summed E-state index contributed by atoms with van der Waals surface area (Å²) in [7, 11) is 0. The van der Waals surface area contributed by atoms with Crippen LogP contribution in [-0.2, 0) is 4.74 Å². The maximum atomic E-state index is 12.1. The van der Waals surface area contributed by atoms with Gasteiger partial charge in [-0.15, -0.1) is 0 Å². The van der Waals surface area contributed by atoms with E-state index < -0.39 is 51.0 Å². The summed E-state index contributed by atoms with van der Waals surface area (Å²) >= 11 is 0. The van der Waals surface area contributed by atoms with Crippen molar-refractivity contribution in [3.63, 3.8) is 0 Å². The zero-order chi connectivity index (χ0) is 12.8. The summed E-state index contributed by atoms with van der Waals surface area (Å²) in [4.78, 5) is 0. The van der Waals surface area contributed by atoms with Crippen molar-refractivity contribution in [1.82, 2.24) is 0 Å². The first kappa shape index (κ1) is 15.5. The molecule has 0 rings (SSSR count). The molecule has 0 aliphatic rings. The van der Waals surface area contributed by atoms with Crippen LogP contribution in [0.15, 0.2) is 0 Å². The molecule has 0 spiro atoms. The molecule has 0 aromatic heterocycles. The number of ether oxygens (including phenoxy) is 1. The van der Waals surface area contributed by atoms with Gasteiger partial charge in [-0.25, -0.2) is 0 Å². The Morgan fingerprint density at radius 1 is 1.00 bits per heavy atom. The summed E-state index contributed by atoms with van der Waals surface area (Å²) in [6.07, 6.45) is -14.2. The zero-order valence-corrected chi connectivity index (χ0v) is 8.17. The van der Waals surface area contributed by atoms with Crippen LogP contribution in [0.1, 0.15) is 19.3 Å². The maximum Gasteiger partial charge on any atom is 0.414 e. The Bertz CT molecular complexity index is 186. The average molecular weight is 256 g/mol. The molecule has 98 valence electrons. The molecule has 0 saturated heterocycles. The van der Waals surface area contributed by atoms with Crippen LogP contribution in [0.4, 0.5) is 30.7 Å². The molecule has 1 atom stereocenters. The van der Waals surface area contributed by atoms with Crippen LogP contribution in [0.5, 0.6) is 0 Å². The molecule has 0 amide bonds. The van der Waals surface area contributed by atoms with Crippen molar-refractivity contribution in [2.24, 2.45) is 0 Å². The van der Waals surface area contributed by atoms with E-state index in [-0.39, 0.29) is 0 Å². The van der Waals surface area contributed by atoms with Crippen molar-refractivity contribution in [2.75, 3.05) is 13.3 Å². The van der Waals surface area contributed by atoms with Crippen molar-refractivity contribution in [3.05, 3.63) is 0 Å². The van der Waals surface area contributed by atoms with E-state index in [1.807, 2.05) is 0 Å². The Morgan fingerprint density at radius 3 is 1.94 bits per heavy atom. The lowest BCUT2D eigenvalue weighted by Crippen LogP contribution is -2.33. The zero-order valence-electron chi connectivity index (χ0n) is 8.17. The first-order valence-electron chi connectivity index (χ1n) is 4.48. The summed E-state index contributed by atoms with van der Waals surface area (Å²) in [5, 5.41) is 0. The Labute approximate surface area is 87.6 Å². The van der Waals surface area contributed by atoms with Gasteiger partial charge in [0.1, 0.15) is 0 Å². The van der Waals surface area contributed by atoms with E-state index in [4.69, 9.17) is 0 Å². The minimum atomic E-state index is -4.76. The molecule has 1 unspecified atom stereocenters. The monoisotopic (exact) mass is 256 g/mol. The van der Waals surface area contributed by atoms with Gasteiger partial charge in [0.2, 0.25) is 0 Å². The van der Waals surface area contributed by atoms with Crippen LogP contribution in [0.25, 0.3) is 0 Å². The molecule has 8 heteroatoms. The van der Waals surface area contributed by atoms with Gasteiger partial charge in [0.25, 0.3) is 0 Å². The van der Waals surface area contributed by atoms with Gasteiger partial charge < -0.3 is 4.74 Å². The molecule has 0 N–H and O–H groups in total. The normalized spacial score (nSPS) is 15.2. The third-order valence-electron chi connectivity index (χ3n) is 1.67. The SMILES string of the molecule is FCCCC(OCCC(F)(F)F)C(F)(F)F. The number of hydrogen-bond donors (Lipinski definition) is 0. The number of alkyl halides is 7. The first-order chi connectivity index (χ1) is 7.17. The predicted octanol–water partition coefficient (Wildman–Crippen LogP) is 3.64. The van der Waals surface area contributed by atoms with Gasteiger partial charge in [-0.3, -0.25) is 4.39 Å². The molecule has 0 bridgehead atoms. The number of halogens is 7. The molecule has 0 heterocycles. The van der Waals surface area contributed by atoms with Crippen molar-refractivity contribution in [1.29, 1.82) is 0 Å². The van der Waals surface area contributed by atoms with Gasteiger partial charge in [-0.1, -0.05) is 0 Å². The maximum absolute atomic E-state index is 12.1. The van der Waals surface area contributed by atoms with Gasteiger partial charge in [0.15, 0.2) is 6.10 Å². The quantitative estimate of drug-likeness (QED) is 0.659. The van der Waals surface area contributed by atoms with Gasteiger partial charge in [0.05, 0.1) is 19.7 Å². The van der Waals surface area contributed by atoms with E-state index in [2.05, 4.69) is 4.74 Å². The third kappa shape index (κ3) is 7.72. The molecule has 1 nitrogen and oxygen atoms in total. The lowest BCUT2D eigenvalue weighted by Gasteiger charge is -2.20. The van der Waals surface area contributed by atoms with Gasteiger partial charge in [-0.05, 0) is 12.8 Å². The molecule has 0 radical (unpaired) electrons. The second-order valence-electron chi connectivity index (χ2n) is 3.10. The van der Waals surface area contributed by atoms with Crippen molar-refractivity contribution >= 4 is 0 Å². The smallest absolute Gasteiger partial charge is 0.368 e. The molecule has 0 aromatic carbocycles. The van der Waals surface area contributed by atoms with Gasteiger partial charge in [-0.2, -0.15) is 26.3 Å². The molecule has 16 heavy (non-hydrogen) atoms. The number of rotatable bonds is 6. The molecular formula is C8H11F7O. The Kier molecular flexibility index (Phi) is 6.06. The van der Waals surface area contributed by atoms with Crippen LogP contribution in [0.3, 0.4) is 0 Å². The van der Waals surface area contributed by atoms with Gasteiger partial charge in [0, 0.05) is 0 Å². The molecule has 0 fully saturated rings. The Morgan fingerprint density at radius 2 is 1.56 bits per heavy atom. The lowest BCUT2D eigenvalue weighted by atomic mass is 10.2. The third-order valence-corrected chi connectivity index (χ3v) is 1.67. The number of hydrogen-bond acceptors (Lipinski definition) is 1. The highest BCUT2D eigenvalue weighted by Crippen LogP contribution is 2.27. The van der Waals surface area contributed by atoms with E-state index >= 15 is 0 Å². The minimum absolute atomic E-state index is 0.393. The van der Waals surface area contributed by atoms with Crippen LogP contribution >= 0.6 is 0 Å². The predicted molar refractivity (Wildman–Crippen MR) is 41.7 cm³/mol. The molecule has 0 saturated carbocycles. The second-order valence-corrected chi connectivity index (χ2v) is 3.10. The van der Waals surface area contributed by atoms with E-state index in [0.29, 0.717) is 0 Å². The highest BCUT2D eigenvalue weighted by atomic mass is 19.4. The van der Waals surface area contributed by atoms with Crippen molar-refractivity contribution in [2.45, 2.75) is 37.7 Å².